The van der Waals surface area contributed by atoms with Crippen LogP contribution in [0.3, 0.4) is 0 Å². The smallest absolute Gasteiger partial charge is 0.112 e. The number of anilines is 1. The Morgan fingerprint density at radius 1 is 1.30 bits per heavy atom. The molecule has 5 heteroatoms. The first-order valence-electron chi connectivity index (χ1n) is 6.99. The Balaban J connectivity index is 1.72. The van der Waals surface area contributed by atoms with Crippen LogP contribution in [0.5, 0.6) is 0 Å². The maximum Gasteiger partial charge on any atom is 0.112 e. The van der Waals surface area contributed by atoms with Crippen LogP contribution in [-0.4, -0.2) is 36.3 Å². The minimum atomic E-state index is 0.366. The molecule has 0 radical (unpaired) electrons. The van der Waals surface area contributed by atoms with Crippen molar-refractivity contribution in [2.45, 2.75) is 12.8 Å². The summed E-state index contributed by atoms with van der Waals surface area (Å²) in [7, 11) is 0. The Kier molecular flexibility index (Phi) is 2.93. The number of hydrogen-bond acceptors (Lipinski definition) is 4. The molecule has 1 atom stereocenters. The highest BCUT2D eigenvalue weighted by atomic mass is 79.9. The molecule has 2 aliphatic rings. The molecule has 0 saturated carbocycles. The summed E-state index contributed by atoms with van der Waals surface area (Å²) in [6.07, 6.45) is 6.12. The maximum atomic E-state index is 5.61. The summed E-state index contributed by atoms with van der Waals surface area (Å²) in [5, 5.41) is 0. The molecule has 2 aromatic heterocycles. The molecule has 104 valence electrons. The molecule has 0 aliphatic carbocycles. The predicted molar refractivity (Wildman–Crippen MR) is 81.9 cm³/mol. The predicted octanol–water partition coefficient (Wildman–Crippen LogP) is 3.01. The van der Waals surface area contributed by atoms with Gasteiger partial charge in [0.25, 0.3) is 0 Å². The van der Waals surface area contributed by atoms with E-state index in [9.17, 15) is 0 Å². The van der Waals surface area contributed by atoms with Crippen molar-refractivity contribution in [3.63, 3.8) is 0 Å². The summed E-state index contributed by atoms with van der Waals surface area (Å²) in [6.45, 7) is 3.98. The topological polar surface area (TPSA) is 38.2 Å². The Hall–Kier alpha value is -1.20. The van der Waals surface area contributed by atoms with Crippen molar-refractivity contribution in [1.29, 1.82) is 0 Å². The van der Waals surface area contributed by atoms with Crippen LogP contribution in [0.1, 0.15) is 12.8 Å². The van der Waals surface area contributed by atoms with Crippen LogP contribution in [0.25, 0.3) is 11.0 Å². The molecule has 2 saturated heterocycles. The molecule has 4 nitrogen and oxygen atoms in total. The molecule has 0 unspecified atom stereocenters. The summed E-state index contributed by atoms with van der Waals surface area (Å²) < 4.78 is 6.58. The van der Waals surface area contributed by atoms with E-state index in [1.54, 1.807) is 0 Å². The number of nitrogens with zero attached hydrogens (tertiary/aromatic N) is 3. The number of rotatable bonds is 1. The van der Waals surface area contributed by atoms with Crippen LogP contribution >= 0.6 is 15.9 Å². The Morgan fingerprint density at radius 2 is 2.25 bits per heavy atom. The third-order valence-electron chi connectivity index (χ3n) is 4.49. The van der Waals surface area contributed by atoms with Crippen LogP contribution in [-0.2, 0) is 4.74 Å². The fourth-order valence-corrected chi connectivity index (χ4v) is 3.68. The summed E-state index contributed by atoms with van der Waals surface area (Å²) in [5.41, 5.74) is 3.50. The van der Waals surface area contributed by atoms with E-state index in [0.29, 0.717) is 5.41 Å². The Morgan fingerprint density at radius 3 is 3.10 bits per heavy atom. The molecule has 20 heavy (non-hydrogen) atoms. The zero-order valence-electron chi connectivity index (χ0n) is 11.2. The molecule has 4 rings (SSSR count). The zero-order valence-corrected chi connectivity index (χ0v) is 12.8. The van der Waals surface area contributed by atoms with Gasteiger partial charge in [0.15, 0.2) is 0 Å². The molecule has 0 bridgehead atoms. The molecular formula is C15H16BrN3O. The van der Waals surface area contributed by atoms with Crippen molar-refractivity contribution in [3.05, 3.63) is 29.0 Å². The van der Waals surface area contributed by atoms with Gasteiger partial charge in [-0.2, -0.15) is 0 Å². The van der Waals surface area contributed by atoms with E-state index in [-0.39, 0.29) is 0 Å². The van der Waals surface area contributed by atoms with Crippen molar-refractivity contribution in [1.82, 2.24) is 9.97 Å². The summed E-state index contributed by atoms with van der Waals surface area (Å²) in [6, 6.07) is 4.11. The standard InChI is InChI=1S/C15H16BrN3O/c16-11-7-12-14(18-8-11)13(1-4-17-12)19-5-2-15(9-19)3-6-20-10-15/h1,4,7-8H,2-3,5-6,9-10H2/t15-/m0/s1. The molecule has 4 heterocycles. The lowest BCUT2D eigenvalue weighted by Gasteiger charge is -2.23. The van der Waals surface area contributed by atoms with Crippen molar-refractivity contribution < 1.29 is 4.74 Å². The van der Waals surface area contributed by atoms with E-state index in [1.807, 2.05) is 18.5 Å². The molecule has 2 aliphatic heterocycles. The molecule has 0 aromatic carbocycles. The van der Waals surface area contributed by atoms with Gasteiger partial charge in [-0.05, 0) is 40.9 Å². The third-order valence-corrected chi connectivity index (χ3v) is 4.92. The molecule has 0 amide bonds. The lowest BCUT2D eigenvalue weighted by molar-refractivity contribution is 0.160. The second-order valence-electron chi connectivity index (χ2n) is 5.83. The summed E-state index contributed by atoms with van der Waals surface area (Å²) in [5.74, 6) is 0. The number of fused-ring (bicyclic) bond motifs is 1. The van der Waals surface area contributed by atoms with Gasteiger partial charge in [0.1, 0.15) is 5.52 Å². The molecule has 0 N–H and O–H groups in total. The number of aromatic nitrogens is 2. The number of pyridine rings is 2. The van der Waals surface area contributed by atoms with Gasteiger partial charge in [0, 0.05) is 42.0 Å². The van der Waals surface area contributed by atoms with Crippen LogP contribution in [0.2, 0.25) is 0 Å². The number of ether oxygens (including phenoxy) is 1. The van der Waals surface area contributed by atoms with Gasteiger partial charge in [-0.25, -0.2) is 0 Å². The van der Waals surface area contributed by atoms with E-state index in [4.69, 9.17) is 4.74 Å². The van der Waals surface area contributed by atoms with Gasteiger partial charge in [-0.3, -0.25) is 9.97 Å². The molecular weight excluding hydrogens is 318 g/mol. The molecule has 2 aromatic rings. The lowest BCUT2D eigenvalue weighted by atomic mass is 9.87. The summed E-state index contributed by atoms with van der Waals surface area (Å²) >= 11 is 3.46. The van der Waals surface area contributed by atoms with E-state index < -0.39 is 0 Å². The molecule has 2 fully saturated rings. The second kappa shape index (κ2) is 4.67. The zero-order chi connectivity index (χ0) is 13.6. The van der Waals surface area contributed by atoms with Crippen molar-refractivity contribution >= 4 is 32.7 Å². The van der Waals surface area contributed by atoms with Crippen molar-refractivity contribution in [3.8, 4) is 0 Å². The minimum Gasteiger partial charge on any atom is -0.381 e. The normalized spacial score (nSPS) is 25.9. The number of hydrogen-bond donors (Lipinski definition) is 0. The largest absolute Gasteiger partial charge is 0.381 e. The van der Waals surface area contributed by atoms with Gasteiger partial charge >= 0.3 is 0 Å². The summed E-state index contributed by atoms with van der Waals surface area (Å²) in [4.78, 5) is 11.4. The fraction of sp³-hybridized carbons (Fsp3) is 0.467. The molecule has 1 spiro atoms. The van der Waals surface area contributed by atoms with Crippen LogP contribution in [0.15, 0.2) is 29.0 Å². The van der Waals surface area contributed by atoms with Crippen LogP contribution in [0, 0.1) is 5.41 Å². The highest BCUT2D eigenvalue weighted by Crippen LogP contribution is 2.41. The quantitative estimate of drug-likeness (QED) is 0.804. The van der Waals surface area contributed by atoms with Crippen molar-refractivity contribution in [2.75, 3.05) is 31.2 Å². The Bertz CT molecular complexity index is 655. The van der Waals surface area contributed by atoms with Crippen LogP contribution < -0.4 is 4.90 Å². The van der Waals surface area contributed by atoms with Gasteiger partial charge in [-0.15, -0.1) is 0 Å². The monoisotopic (exact) mass is 333 g/mol. The van der Waals surface area contributed by atoms with E-state index >= 15 is 0 Å². The number of halogens is 1. The average Bonchev–Trinajstić information content (AvgIpc) is 3.09. The van der Waals surface area contributed by atoms with E-state index in [0.717, 1.165) is 41.8 Å². The Labute approximate surface area is 126 Å². The first-order valence-corrected chi connectivity index (χ1v) is 7.78. The lowest BCUT2D eigenvalue weighted by Crippen LogP contribution is -2.27. The van der Waals surface area contributed by atoms with Gasteiger partial charge in [0.05, 0.1) is 17.8 Å². The SMILES string of the molecule is Brc1cnc2c(N3CC[C@]4(CCOC4)C3)ccnc2c1. The van der Waals surface area contributed by atoms with Crippen LogP contribution in [0.4, 0.5) is 5.69 Å². The minimum absolute atomic E-state index is 0.366. The first kappa shape index (κ1) is 12.5. The second-order valence-corrected chi connectivity index (χ2v) is 6.74. The van der Waals surface area contributed by atoms with Gasteiger partial charge < -0.3 is 9.64 Å². The van der Waals surface area contributed by atoms with Crippen molar-refractivity contribution in [2.24, 2.45) is 5.41 Å². The maximum absolute atomic E-state index is 5.61. The average molecular weight is 334 g/mol. The third kappa shape index (κ3) is 2.00. The van der Waals surface area contributed by atoms with Gasteiger partial charge in [-0.1, -0.05) is 0 Å². The highest BCUT2D eigenvalue weighted by molar-refractivity contribution is 9.10. The van der Waals surface area contributed by atoms with E-state index in [1.165, 1.54) is 18.5 Å². The highest BCUT2D eigenvalue weighted by Gasteiger charge is 2.41. The van der Waals surface area contributed by atoms with E-state index in [2.05, 4.69) is 36.9 Å². The fourth-order valence-electron chi connectivity index (χ4n) is 3.36. The van der Waals surface area contributed by atoms with Gasteiger partial charge in [0.2, 0.25) is 0 Å². The first-order chi connectivity index (χ1) is 9.76.